The number of nitrogen functional groups attached to an aromatic ring is 2. The Morgan fingerprint density at radius 3 is 2.89 bits per heavy atom. The molecule has 1 aromatic carbocycles. The number of amides is 1. The summed E-state index contributed by atoms with van der Waals surface area (Å²) in [5.74, 6) is 0.493. The zero-order valence-corrected chi connectivity index (χ0v) is 9.68. The van der Waals surface area contributed by atoms with Crippen molar-refractivity contribution in [1.29, 1.82) is 0 Å². The van der Waals surface area contributed by atoms with Gasteiger partial charge in [-0.25, -0.2) is 4.98 Å². The van der Waals surface area contributed by atoms with Crippen LogP contribution in [0.25, 0.3) is 0 Å². The molecule has 7 nitrogen and oxygen atoms in total. The molecule has 2 rings (SSSR count). The molecule has 0 atom stereocenters. The highest BCUT2D eigenvalue weighted by molar-refractivity contribution is 5.99. The molecule has 6 N–H and O–H groups in total. The zero-order valence-electron chi connectivity index (χ0n) is 9.68. The van der Waals surface area contributed by atoms with Crippen molar-refractivity contribution in [1.82, 2.24) is 20.5 Å². The van der Waals surface area contributed by atoms with Crippen LogP contribution in [0, 0.1) is 0 Å². The number of H-pyrrole nitrogens is 1. The Morgan fingerprint density at radius 1 is 1.39 bits per heavy atom. The molecule has 0 saturated carbocycles. The Kier molecular flexibility index (Phi) is 3.42. The van der Waals surface area contributed by atoms with Crippen LogP contribution in [0.15, 0.2) is 24.5 Å². The number of aromatic nitrogens is 3. The third-order valence-corrected chi connectivity index (χ3v) is 2.43. The molecular weight excluding hydrogens is 232 g/mol. The van der Waals surface area contributed by atoms with Gasteiger partial charge in [-0.1, -0.05) is 0 Å². The molecule has 0 spiro atoms. The van der Waals surface area contributed by atoms with Crippen molar-refractivity contribution in [3.8, 4) is 0 Å². The number of hydrogen-bond donors (Lipinski definition) is 4. The Balaban J connectivity index is 1.91. The van der Waals surface area contributed by atoms with Crippen LogP contribution in [-0.4, -0.2) is 27.6 Å². The van der Waals surface area contributed by atoms with Crippen molar-refractivity contribution in [2.75, 3.05) is 18.0 Å². The lowest BCUT2D eigenvalue weighted by Crippen LogP contribution is -2.26. The van der Waals surface area contributed by atoms with Crippen LogP contribution in [0.4, 0.5) is 11.4 Å². The normalized spacial score (nSPS) is 10.2. The van der Waals surface area contributed by atoms with E-state index >= 15 is 0 Å². The van der Waals surface area contributed by atoms with Gasteiger partial charge in [0.05, 0.1) is 5.56 Å². The number of anilines is 2. The van der Waals surface area contributed by atoms with Gasteiger partial charge in [0.1, 0.15) is 12.2 Å². The smallest absolute Gasteiger partial charge is 0.253 e. The minimum Gasteiger partial charge on any atom is -0.399 e. The maximum absolute atomic E-state index is 11.8. The Labute approximate surface area is 104 Å². The maximum atomic E-state index is 11.8. The number of carbonyl (C=O) groups is 1. The van der Waals surface area contributed by atoms with Gasteiger partial charge in [0.2, 0.25) is 0 Å². The van der Waals surface area contributed by atoms with E-state index < -0.39 is 0 Å². The summed E-state index contributed by atoms with van der Waals surface area (Å²) < 4.78 is 0. The van der Waals surface area contributed by atoms with Gasteiger partial charge in [-0.3, -0.25) is 9.89 Å². The summed E-state index contributed by atoms with van der Waals surface area (Å²) in [4.78, 5) is 15.8. The number of benzene rings is 1. The van der Waals surface area contributed by atoms with E-state index in [2.05, 4.69) is 20.5 Å². The zero-order chi connectivity index (χ0) is 13.0. The summed E-state index contributed by atoms with van der Waals surface area (Å²) in [6.45, 7) is 0.456. The van der Waals surface area contributed by atoms with Gasteiger partial charge < -0.3 is 16.8 Å². The first-order valence-corrected chi connectivity index (χ1v) is 5.44. The minimum atomic E-state index is -0.230. The molecular formula is C11H14N6O. The van der Waals surface area contributed by atoms with Crippen molar-refractivity contribution >= 4 is 17.3 Å². The fourth-order valence-electron chi connectivity index (χ4n) is 1.53. The molecule has 2 aromatic rings. The molecule has 18 heavy (non-hydrogen) atoms. The van der Waals surface area contributed by atoms with Crippen LogP contribution in [0.2, 0.25) is 0 Å². The second-order valence-electron chi connectivity index (χ2n) is 3.78. The van der Waals surface area contributed by atoms with E-state index in [1.54, 1.807) is 18.2 Å². The first-order valence-electron chi connectivity index (χ1n) is 5.44. The Bertz CT molecular complexity index is 536. The molecule has 1 amide bonds. The molecule has 7 heteroatoms. The molecule has 0 bridgehead atoms. The number of rotatable bonds is 4. The molecule has 1 heterocycles. The second-order valence-corrected chi connectivity index (χ2v) is 3.78. The van der Waals surface area contributed by atoms with Crippen LogP contribution >= 0.6 is 0 Å². The predicted molar refractivity (Wildman–Crippen MR) is 67.7 cm³/mol. The molecule has 0 unspecified atom stereocenters. The van der Waals surface area contributed by atoms with E-state index in [1.165, 1.54) is 6.33 Å². The number of carbonyl (C=O) groups excluding carboxylic acids is 1. The van der Waals surface area contributed by atoms with Crippen molar-refractivity contribution in [2.45, 2.75) is 6.42 Å². The van der Waals surface area contributed by atoms with Gasteiger partial charge in [0, 0.05) is 24.3 Å². The number of aromatic amines is 1. The van der Waals surface area contributed by atoms with Crippen LogP contribution in [0.1, 0.15) is 16.2 Å². The van der Waals surface area contributed by atoms with Gasteiger partial charge in [-0.15, -0.1) is 0 Å². The summed E-state index contributed by atoms with van der Waals surface area (Å²) in [5.41, 5.74) is 12.6. The molecule has 0 aliphatic carbocycles. The SMILES string of the molecule is Nc1ccc(C(=O)NCCc2ncn[nH]2)c(N)c1. The van der Waals surface area contributed by atoms with Gasteiger partial charge in [0.25, 0.3) is 5.91 Å². The van der Waals surface area contributed by atoms with Crippen molar-refractivity contribution in [2.24, 2.45) is 0 Å². The number of nitrogens with zero attached hydrogens (tertiary/aromatic N) is 2. The first-order chi connectivity index (χ1) is 8.66. The van der Waals surface area contributed by atoms with Crippen molar-refractivity contribution in [3.63, 3.8) is 0 Å². The number of nitrogens with two attached hydrogens (primary N) is 2. The van der Waals surface area contributed by atoms with Crippen LogP contribution in [0.3, 0.4) is 0 Å². The van der Waals surface area contributed by atoms with E-state index in [0.717, 1.165) is 5.82 Å². The maximum Gasteiger partial charge on any atom is 0.253 e. The third-order valence-electron chi connectivity index (χ3n) is 2.43. The monoisotopic (exact) mass is 246 g/mol. The highest BCUT2D eigenvalue weighted by atomic mass is 16.1. The first kappa shape index (κ1) is 11.9. The molecule has 1 aromatic heterocycles. The van der Waals surface area contributed by atoms with Crippen LogP contribution in [0.5, 0.6) is 0 Å². The fourth-order valence-corrected chi connectivity index (χ4v) is 1.53. The van der Waals surface area contributed by atoms with Crippen molar-refractivity contribution in [3.05, 3.63) is 35.9 Å². The lowest BCUT2D eigenvalue weighted by atomic mass is 10.1. The molecule has 0 fully saturated rings. The summed E-state index contributed by atoms with van der Waals surface area (Å²) in [7, 11) is 0. The second kappa shape index (κ2) is 5.17. The van der Waals surface area contributed by atoms with E-state index in [0.29, 0.717) is 29.9 Å². The van der Waals surface area contributed by atoms with E-state index in [9.17, 15) is 4.79 Å². The standard InChI is InChI=1S/C11H14N6O/c12-7-1-2-8(9(13)5-7)11(18)14-4-3-10-15-6-16-17-10/h1-2,5-6H,3-4,12-13H2,(H,14,18)(H,15,16,17). The molecule has 0 saturated heterocycles. The Hall–Kier alpha value is -2.57. The van der Waals surface area contributed by atoms with Gasteiger partial charge in [0.15, 0.2) is 0 Å². The molecule has 94 valence electrons. The minimum absolute atomic E-state index is 0.230. The van der Waals surface area contributed by atoms with E-state index in [4.69, 9.17) is 11.5 Å². The molecule has 0 aliphatic heterocycles. The largest absolute Gasteiger partial charge is 0.399 e. The van der Waals surface area contributed by atoms with E-state index in [1.807, 2.05) is 0 Å². The van der Waals surface area contributed by atoms with Gasteiger partial charge in [-0.2, -0.15) is 5.10 Å². The number of hydrogen-bond acceptors (Lipinski definition) is 5. The highest BCUT2D eigenvalue weighted by Gasteiger charge is 2.09. The Morgan fingerprint density at radius 2 is 2.22 bits per heavy atom. The highest BCUT2D eigenvalue weighted by Crippen LogP contribution is 2.15. The molecule has 0 radical (unpaired) electrons. The number of nitrogens with one attached hydrogen (secondary N) is 2. The van der Waals surface area contributed by atoms with Gasteiger partial charge in [-0.05, 0) is 18.2 Å². The summed E-state index contributed by atoms with van der Waals surface area (Å²) in [6.07, 6.45) is 2.01. The van der Waals surface area contributed by atoms with Crippen molar-refractivity contribution < 1.29 is 4.79 Å². The lowest BCUT2D eigenvalue weighted by molar-refractivity contribution is 0.0955. The fraction of sp³-hybridized carbons (Fsp3) is 0.182. The molecule has 0 aliphatic rings. The average Bonchev–Trinajstić information content (AvgIpc) is 2.81. The van der Waals surface area contributed by atoms with E-state index in [-0.39, 0.29) is 5.91 Å². The van der Waals surface area contributed by atoms with Gasteiger partial charge >= 0.3 is 0 Å². The summed E-state index contributed by atoms with van der Waals surface area (Å²) in [5, 5.41) is 9.19. The average molecular weight is 246 g/mol. The van der Waals surface area contributed by atoms with Crippen LogP contribution < -0.4 is 16.8 Å². The third kappa shape index (κ3) is 2.76. The predicted octanol–water partition coefficient (Wildman–Crippen LogP) is -0.0584. The summed E-state index contributed by atoms with van der Waals surface area (Å²) >= 11 is 0. The quantitative estimate of drug-likeness (QED) is 0.563. The topological polar surface area (TPSA) is 123 Å². The lowest BCUT2D eigenvalue weighted by Gasteiger charge is -2.07. The summed E-state index contributed by atoms with van der Waals surface area (Å²) in [6, 6.07) is 4.81. The van der Waals surface area contributed by atoms with Crippen LogP contribution in [-0.2, 0) is 6.42 Å².